The number of aromatic hydroxyl groups is 1. The van der Waals surface area contributed by atoms with Gasteiger partial charge in [0.1, 0.15) is 17.6 Å². The lowest BCUT2D eigenvalue weighted by atomic mass is 9.94. The summed E-state index contributed by atoms with van der Waals surface area (Å²) in [5.41, 5.74) is 7.46. The molecule has 49 heavy (non-hydrogen) atoms. The van der Waals surface area contributed by atoms with Gasteiger partial charge in [0.15, 0.2) is 0 Å². The molecule has 0 aliphatic heterocycles. The van der Waals surface area contributed by atoms with Gasteiger partial charge in [-0.15, -0.1) is 0 Å². The summed E-state index contributed by atoms with van der Waals surface area (Å²) in [5, 5.41) is 24.4. The van der Waals surface area contributed by atoms with Crippen LogP contribution in [0.4, 0.5) is 0 Å². The van der Waals surface area contributed by atoms with E-state index in [2.05, 4.69) is 45.2 Å². The number of carbonyl (C=O) groups is 2. The van der Waals surface area contributed by atoms with Gasteiger partial charge < -0.3 is 25.1 Å². The normalized spacial score (nSPS) is 14.4. The second-order valence-electron chi connectivity index (χ2n) is 12.9. The molecule has 1 aliphatic rings. The molecule has 0 radical (unpaired) electrons. The predicted molar refractivity (Wildman–Crippen MR) is 191 cm³/mol. The molecular formula is C40H35N5O4. The zero-order valence-electron chi connectivity index (χ0n) is 26.8. The van der Waals surface area contributed by atoms with Crippen LogP contribution >= 0.6 is 0 Å². The topological polar surface area (TPSA) is 133 Å². The molecule has 3 heterocycles. The number of benzene rings is 4. The van der Waals surface area contributed by atoms with Crippen molar-refractivity contribution in [2.75, 3.05) is 0 Å². The third-order valence-corrected chi connectivity index (χ3v) is 9.72. The van der Waals surface area contributed by atoms with Crippen molar-refractivity contribution in [1.29, 1.82) is 0 Å². The maximum atomic E-state index is 13.5. The van der Waals surface area contributed by atoms with Crippen LogP contribution in [0, 0.1) is 0 Å². The van der Waals surface area contributed by atoms with Crippen molar-refractivity contribution in [3.8, 4) is 28.3 Å². The van der Waals surface area contributed by atoms with E-state index in [9.17, 15) is 19.8 Å². The summed E-state index contributed by atoms with van der Waals surface area (Å²) in [4.78, 5) is 38.8. The molecule has 244 valence electrons. The van der Waals surface area contributed by atoms with Crippen LogP contribution in [0.1, 0.15) is 54.1 Å². The number of carboxylic acids is 1. The van der Waals surface area contributed by atoms with E-state index in [1.165, 1.54) is 6.42 Å². The van der Waals surface area contributed by atoms with Gasteiger partial charge in [-0.3, -0.25) is 9.78 Å². The number of phenols is 1. The molecule has 1 atom stereocenters. The number of phenolic OH excluding ortho intramolecular Hbond substituents is 1. The number of fused-ring (bicyclic) bond motifs is 3. The number of amides is 1. The van der Waals surface area contributed by atoms with E-state index >= 15 is 0 Å². The molecule has 3 aromatic heterocycles. The zero-order valence-corrected chi connectivity index (χ0v) is 26.8. The van der Waals surface area contributed by atoms with Crippen molar-refractivity contribution >= 4 is 44.7 Å². The molecule has 1 aliphatic carbocycles. The van der Waals surface area contributed by atoms with Crippen molar-refractivity contribution in [2.24, 2.45) is 0 Å². The van der Waals surface area contributed by atoms with E-state index in [-0.39, 0.29) is 18.2 Å². The van der Waals surface area contributed by atoms with E-state index in [1.807, 2.05) is 36.5 Å². The SMILES string of the molecule is O=C(NC(Cc1c[nH]c2ccc(O)cc12)C(=O)O)c1ccc2c(c1)nc(-c1ccc3ncc(-c4ccccc4)cc3c1)n2C1CCCCC1. The van der Waals surface area contributed by atoms with Crippen LogP contribution in [0.25, 0.3) is 55.4 Å². The number of imidazole rings is 1. The lowest BCUT2D eigenvalue weighted by Gasteiger charge is -2.25. The first-order valence-electron chi connectivity index (χ1n) is 16.7. The molecule has 0 spiro atoms. The maximum absolute atomic E-state index is 13.5. The number of aromatic amines is 1. The maximum Gasteiger partial charge on any atom is 0.326 e. The number of hydrogen-bond acceptors (Lipinski definition) is 5. The lowest BCUT2D eigenvalue weighted by molar-refractivity contribution is -0.139. The number of aliphatic carboxylic acids is 1. The smallest absolute Gasteiger partial charge is 0.326 e. The highest BCUT2D eigenvalue weighted by molar-refractivity contribution is 6.00. The van der Waals surface area contributed by atoms with Gasteiger partial charge in [-0.1, -0.05) is 49.6 Å². The number of hydrogen-bond donors (Lipinski definition) is 4. The van der Waals surface area contributed by atoms with Gasteiger partial charge >= 0.3 is 5.97 Å². The molecule has 7 aromatic rings. The summed E-state index contributed by atoms with van der Waals surface area (Å²) < 4.78 is 2.33. The Balaban J connectivity index is 1.14. The molecular weight excluding hydrogens is 614 g/mol. The van der Waals surface area contributed by atoms with Crippen LogP contribution in [0.3, 0.4) is 0 Å². The highest BCUT2D eigenvalue weighted by atomic mass is 16.4. The fourth-order valence-electron chi connectivity index (χ4n) is 7.21. The largest absolute Gasteiger partial charge is 0.508 e. The second kappa shape index (κ2) is 12.6. The van der Waals surface area contributed by atoms with E-state index in [4.69, 9.17) is 9.97 Å². The van der Waals surface area contributed by atoms with Crippen LogP contribution in [0.15, 0.2) is 103 Å². The van der Waals surface area contributed by atoms with Gasteiger partial charge in [0.25, 0.3) is 5.91 Å². The number of carbonyl (C=O) groups excluding carboxylic acids is 1. The summed E-state index contributed by atoms with van der Waals surface area (Å²) in [5.74, 6) is -0.704. The fourth-order valence-corrected chi connectivity index (χ4v) is 7.21. The van der Waals surface area contributed by atoms with Crippen molar-refractivity contribution < 1.29 is 19.8 Å². The summed E-state index contributed by atoms with van der Waals surface area (Å²) in [6.45, 7) is 0. The standard InChI is InChI=1S/C40H35N5O4/c46-31-13-15-34-32(21-31)29(23-42-34)20-36(40(48)49)44-39(47)26-12-16-37-35(19-26)43-38(45(37)30-9-5-2-6-10-30)25-11-14-33-27(17-25)18-28(22-41-33)24-7-3-1-4-8-24/h1,3-4,7-8,11-19,21-23,30,36,42,46H,2,5-6,9-10,20H2,(H,44,47)(H,48,49). The number of pyridine rings is 1. The molecule has 0 saturated heterocycles. The number of nitrogens with zero attached hydrogens (tertiary/aromatic N) is 3. The van der Waals surface area contributed by atoms with Crippen molar-refractivity contribution in [1.82, 2.24) is 24.8 Å². The molecule has 9 heteroatoms. The minimum Gasteiger partial charge on any atom is -0.508 e. The molecule has 1 unspecified atom stereocenters. The zero-order chi connectivity index (χ0) is 33.5. The Morgan fingerprint density at radius 2 is 1.69 bits per heavy atom. The highest BCUT2D eigenvalue weighted by Gasteiger charge is 2.26. The Morgan fingerprint density at radius 1 is 0.878 bits per heavy atom. The Morgan fingerprint density at radius 3 is 2.51 bits per heavy atom. The van der Waals surface area contributed by atoms with Gasteiger partial charge in [-0.05, 0) is 84.6 Å². The second-order valence-corrected chi connectivity index (χ2v) is 12.9. The summed E-state index contributed by atoms with van der Waals surface area (Å²) >= 11 is 0. The number of H-pyrrole nitrogens is 1. The van der Waals surface area contributed by atoms with E-state index < -0.39 is 17.9 Å². The third-order valence-electron chi connectivity index (χ3n) is 9.72. The highest BCUT2D eigenvalue weighted by Crippen LogP contribution is 2.37. The minimum atomic E-state index is -1.17. The fraction of sp³-hybridized carbons (Fsp3) is 0.200. The van der Waals surface area contributed by atoms with Crippen molar-refractivity contribution in [2.45, 2.75) is 50.6 Å². The van der Waals surface area contributed by atoms with Gasteiger partial charge in [0.05, 0.1) is 16.6 Å². The number of aromatic nitrogens is 4. The predicted octanol–water partition coefficient (Wildman–Crippen LogP) is 8.04. The monoisotopic (exact) mass is 649 g/mol. The van der Waals surface area contributed by atoms with Crippen LogP contribution < -0.4 is 5.32 Å². The third kappa shape index (κ3) is 5.88. The Bertz CT molecular complexity index is 2350. The van der Waals surface area contributed by atoms with Crippen LogP contribution in [0.2, 0.25) is 0 Å². The van der Waals surface area contributed by atoms with Gasteiger partial charge in [0.2, 0.25) is 0 Å². The summed E-state index contributed by atoms with van der Waals surface area (Å²) in [6.07, 6.45) is 9.30. The van der Waals surface area contributed by atoms with E-state index in [1.54, 1.807) is 36.5 Å². The van der Waals surface area contributed by atoms with Gasteiger partial charge in [-0.25, -0.2) is 9.78 Å². The first-order valence-corrected chi connectivity index (χ1v) is 16.7. The number of nitrogens with one attached hydrogen (secondary N) is 2. The molecule has 4 N–H and O–H groups in total. The van der Waals surface area contributed by atoms with E-state index in [0.29, 0.717) is 22.0 Å². The Kier molecular flexibility index (Phi) is 7.80. The molecule has 1 amide bonds. The Labute approximate surface area is 282 Å². The molecule has 4 aromatic carbocycles. The van der Waals surface area contributed by atoms with Crippen molar-refractivity contribution in [3.63, 3.8) is 0 Å². The molecule has 8 rings (SSSR count). The summed E-state index contributed by atoms with van der Waals surface area (Å²) in [7, 11) is 0. The lowest BCUT2D eigenvalue weighted by Crippen LogP contribution is -2.42. The van der Waals surface area contributed by atoms with Crippen LogP contribution in [-0.4, -0.2) is 47.7 Å². The molecule has 9 nitrogen and oxygen atoms in total. The number of rotatable bonds is 8. The molecule has 0 bridgehead atoms. The van der Waals surface area contributed by atoms with Crippen molar-refractivity contribution in [3.05, 3.63) is 115 Å². The minimum absolute atomic E-state index is 0.0516. The van der Waals surface area contributed by atoms with E-state index in [0.717, 1.165) is 70.1 Å². The quantitative estimate of drug-likeness (QED) is 0.132. The molecule has 1 fully saturated rings. The average molecular weight is 650 g/mol. The van der Waals surface area contributed by atoms with Crippen LogP contribution in [0.5, 0.6) is 5.75 Å². The van der Waals surface area contributed by atoms with Gasteiger partial charge in [0, 0.05) is 57.8 Å². The first kappa shape index (κ1) is 30.4. The Hall–Kier alpha value is -5.96. The van der Waals surface area contributed by atoms with Gasteiger partial charge in [-0.2, -0.15) is 0 Å². The first-order chi connectivity index (χ1) is 23.9. The molecule has 1 saturated carbocycles. The average Bonchev–Trinajstić information content (AvgIpc) is 3.72. The number of carboxylic acid groups (broad SMARTS) is 1. The van der Waals surface area contributed by atoms with Crippen LogP contribution in [-0.2, 0) is 11.2 Å². The summed E-state index contributed by atoms with van der Waals surface area (Å²) in [6, 6.07) is 28.0.